The number of aromatic nitrogens is 4. The lowest BCUT2D eigenvalue weighted by atomic mass is 9.82. The molecule has 4 nitrogen and oxygen atoms in total. The van der Waals surface area contributed by atoms with E-state index < -0.39 is 0 Å². The van der Waals surface area contributed by atoms with Crippen molar-refractivity contribution in [2.24, 2.45) is 0 Å². The summed E-state index contributed by atoms with van der Waals surface area (Å²) in [5.74, 6) is 1.84. The van der Waals surface area contributed by atoms with E-state index in [1.54, 1.807) is 0 Å². The number of nitrogens with zero attached hydrogens (tertiary/aromatic N) is 4. The van der Waals surface area contributed by atoms with Gasteiger partial charge in [0, 0.05) is 33.1 Å². The summed E-state index contributed by atoms with van der Waals surface area (Å²) < 4.78 is 0. The van der Waals surface area contributed by atoms with Crippen molar-refractivity contribution in [3.05, 3.63) is 193 Å². The average Bonchev–Trinajstić information content (AvgIpc) is 3.48. The molecular formula is C51H36N4. The maximum atomic E-state index is 5.41. The topological polar surface area (TPSA) is 51.6 Å². The van der Waals surface area contributed by atoms with Crippen molar-refractivity contribution in [2.75, 3.05) is 0 Å². The van der Waals surface area contributed by atoms with Crippen LogP contribution in [0.3, 0.4) is 0 Å². The van der Waals surface area contributed by atoms with Crippen LogP contribution in [0.5, 0.6) is 0 Å². The fraction of sp³-hybridized carbons (Fsp3) is 0.0588. The van der Waals surface area contributed by atoms with E-state index in [2.05, 4.69) is 166 Å². The first-order valence-electron chi connectivity index (χ1n) is 18.7. The predicted molar refractivity (Wildman–Crippen MR) is 225 cm³/mol. The Bertz CT molecular complexity index is 2880. The first kappa shape index (κ1) is 32.6. The second kappa shape index (κ2) is 13.1. The minimum Gasteiger partial charge on any atom is -0.248 e. The van der Waals surface area contributed by atoms with Gasteiger partial charge < -0.3 is 0 Å². The highest BCUT2D eigenvalue weighted by Crippen LogP contribution is 2.50. The van der Waals surface area contributed by atoms with Gasteiger partial charge in [-0.15, -0.1) is 0 Å². The SMILES string of the molecule is CC1(C)c2ccccc2-c2cc3c(-c4nc(-c5ccccc5)nc(-c5cccc(-c6ccccc6)c5)n4)cc(-c4cccc(-c5ccccc5)c4)nc3cc21. The molecule has 0 atom stereocenters. The molecule has 1 aliphatic carbocycles. The van der Waals surface area contributed by atoms with Gasteiger partial charge in [-0.05, 0) is 74.8 Å². The molecule has 55 heavy (non-hydrogen) atoms. The van der Waals surface area contributed by atoms with Crippen molar-refractivity contribution in [1.82, 2.24) is 19.9 Å². The minimum atomic E-state index is -0.171. The van der Waals surface area contributed by atoms with Crippen molar-refractivity contribution >= 4 is 10.9 Å². The Kier molecular flexibility index (Phi) is 7.77. The molecule has 0 unspecified atom stereocenters. The maximum Gasteiger partial charge on any atom is 0.164 e. The average molecular weight is 705 g/mol. The molecule has 260 valence electrons. The highest BCUT2D eigenvalue weighted by atomic mass is 15.0. The Balaban J connectivity index is 1.24. The quantitative estimate of drug-likeness (QED) is 0.173. The van der Waals surface area contributed by atoms with Gasteiger partial charge >= 0.3 is 0 Å². The van der Waals surface area contributed by atoms with Crippen molar-refractivity contribution in [3.63, 3.8) is 0 Å². The lowest BCUT2D eigenvalue weighted by molar-refractivity contribution is 0.661. The normalized spacial score (nSPS) is 12.7. The summed E-state index contributed by atoms with van der Waals surface area (Å²) in [7, 11) is 0. The fourth-order valence-electron chi connectivity index (χ4n) is 8.05. The van der Waals surface area contributed by atoms with Gasteiger partial charge in [-0.2, -0.15) is 0 Å². The summed E-state index contributed by atoms with van der Waals surface area (Å²) in [5, 5.41) is 1.00. The molecule has 4 heteroatoms. The second-order valence-corrected chi connectivity index (χ2v) is 14.7. The van der Waals surface area contributed by atoms with E-state index in [0.717, 1.165) is 61.1 Å². The standard InChI is InChI=1S/C51H36N4/c1-51(2)44-27-13-12-26-40(44)41-30-42-43(31-46(52-47(42)32-45(41)51)38-24-14-22-36(28-38)33-16-6-3-7-17-33)50-54-48(35-20-10-5-11-21-35)53-49(55-50)39-25-15-23-37(29-39)34-18-8-4-9-19-34/h3-32H,1-2H3. The van der Waals surface area contributed by atoms with Gasteiger partial charge in [0.1, 0.15) is 0 Å². The lowest BCUT2D eigenvalue weighted by Crippen LogP contribution is -2.14. The van der Waals surface area contributed by atoms with E-state index >= 15 is 0 Å². The Morgan fingerprint density at radius 3 is 1.51 bits per heavy atom. The third-order valence-corrected chi connectivity index (χ3v) is 10.9. The van der Waals surface area contributed by atoms with Crippen LogP contribution < -0.4 is 0 Å². The zero-order valence-electron chi connectivity index (χ0n) is 30.6. The first-order chi connectivity index (χ1) is 27.0. The molecular weight excluding hydrogens is 669 g/mol. The highest BCUT2D eigenvalue weighted by molar-refractivity contribution is 6.01. The molecule has 1 aliphatic rings. The third kappa shape index (κ3) is 5.80. The molecule has 0 fully saturated rings. The summed E-state index contributed by atoms with van der Waals surface area (Å²) in [4.78, 5) is 21.1. The van der Waals surface area contributed by atoms with Gasteiger partial charge in [0.25, 0.3) is 0 Å². The van der Waals surface area contributed by atoms with Gasteiger partial charge in [0.05, 0.1) is 11.2 Å². The molecule has 0 saturated heterocycles. The van der Waals surface area contributed by atoms with Crippen LogP contribution in [0.15, 0.2) is 182 Å². The molecule has 0 aliphatic heterocycles. The lowest BCUT2D eigenvalue weighted by Gasteiger charge is -2.22. The number of benzene rings is 7. The van der Waals surface area contributed by atoms with Gasteiger partial charge in [0.15, 0.2) is 17.5 Å². The molecule has 0 saturated carbocycles. The molecule has 0 amide bonds. The smallest absolute Gasteiger partial charge is 0.164 e. The second-order valence-electron chi connectivity index (χ2n) is 14.7. The number of fused-ring (bicyclic) bond motifs is 4. The Morgan fingerprint density at radius 2 is 0.836 bits per heavy atom. The molecule has 10 rings (SSSR count). The largest absolute Gasteiger partial charge is 0.248 e. The number of hydrogen-bond donors (Lipinski definition) is 0. The van der Waals surface area contributed by atoms with Crippen LogP contribution in [-0.2, 0) is 5.41 Å². The monoisotopic (exact) mass is 704 g/mol. The van der Waals surface area contributed by atoms with E-state index in [9.17, 15) is 0 Å². The van der Waals surface area contributed by atoms with E-state index in [1.165, 1.54) is 22.3 Å². The van der Waals surface area contributed by atoms with Gasteiger partial charge in [-0.25, -0.2) is 19.9 Å². The van der Waals surface area contributed by atoms with E-state index in [4.69, 9.17) is 19.9 Å². The molecule has 7 aromatic carbocycles. The van der Waals surface area contributed by atoms with Crippen LogP contribution >= 0.6 is 0 Å². The molecule has 2 heterocycles. The van der Waals surface area contributed by atoms with Crippen LogP contribution in [0.4, 0.5) is 0 Å². The van der Waals surface area contributed by atoms with Crippen LogP contribution in [0.1, 0.15) is 25.0 Å². The Labute approximate surface area is 320 Å². The molecule has 0 radical (unpaired) electrons. The van der Waals surface area contributed by atoms with Crippen LogP contribution in [0, 0.1) is 0 Å². The van der Waals surface area contributed by atoms with Crippen molar-refractivity contribution < 1.29 is 0 Å². The number of hydrogen-bond acceptors (Lipinski definition) is 4. The molecule has 2 aromatic heterocycles. The first-order valence-corrected chi connectivity index (χ1v) is 18.7. The Hall–Kier alpha value is -7.04. The minimum absolute atomic E-state index is 0.171. The molecule has 0 bridgehead atoms. The van der Waals surface area contributed by atoms with Crippen molar-refractivity contribution in [1.29, 1.82) is 0 Å². The molecule has 9 aromatic rings. The van der Waals surface area contributed by atoms with E-state index in [-0.39, 0.29) is 5.41 Å². The molecule has 0 spiro atoms. The van der Waals surface area contributed by atoms with E-state index in [1.807, 2.05) is 30.3 Å². The maximum absolute atomic E-state index is 5.41. The van der Waals surface area contributed by atoms with Crippen molar-refractivity contribution in [2.45, 2.75) is 19.3 Å². The van der Waals surface area contributed by atoms with Crippen molar-refractivity contribution in [3.8, 4) is 78.8 Å². The Morgan fingerprint density at radius 1 is 0.327 bits per heavy atom. The van der Waals surface area contributed by atoms with Gasteiger partial charge in [0.2, 0.25) is 0 Å². The zero-order chi connectivity index (χ0) is 36.9. The van der Waals surface area contributed by atoms with Crippen LogP contribution in [0.25, 0.3) is 89.7 Å². The third-order valence-electron chi connectivity index (χ3n) is 10.9. The van der Waals surface area contributed by atoms with E-state index in [0.29, 0.717) is 17.5 Å². The zero-order valence-corrected chi connectivity index (χ0v) is 30.6. The summed E-state index contributed by atoms with van der Waals surface area (Å²) in [5.41, 5.74) is 15.0. The summed E-state index contributed by atoms with van der Waals surface area (Å²) in [6, 6.07) is 63.7. The summed E-state index contributed by atoms with van der Waals surface area (Å²) in [6.07, 6.45) is 0. The van der Waals surface area contributed by atoms with Gasteiger partial charge in [-0.3, -0.25) is 0 Å². The predicted octanol–water partition coefficient (Wildman–Crippen LogP) is 12.7. The highest BCUT2D eigenvalue weighted by Gasteiger charge is 2.36. The summed E-state index contributed by atoms with van der Waals surface area (Å²) in [6.45, 7) is 4.62. The van der Waals surface area contributed by atoms with Crippen LogP contribution in [0.2, 0.25) is 0 Å². The number of pyridine rings is 1. The summed E-state index contributed by atoms with van der Waals surface area (Å²) >= 11 is 0. The van der Waals surface area contributed by atoms with Gasteiger partial charge in [-0.1, -0.05) is 166 Å². The molecule has 0 N–H and O–H groups in total. The number of rotatable bonds is 6. The fourth-order valence-corrected chi connectivity index (χ4v) is 8.05. The van der Waals surface area contributed by atoms with Crippen LogP contribution in [-0.4, -0.2) is 19.9 Å².